The van der Waals surface area contributed by atoms with Gasteiger partial charge in [0.1, 0.15) is 0 Å². The van der Waals surface area contributed by atoms with Gasteiger partial charge in [-0.05, 0) is 35.6 Å². The van der Waals surface area contributed by atoms with Gasteiger partial charge in [0.15, 0.2) is 9.84 Å². The fraction of sp³-hybridized carbons (Fsp3) is 0.316. The molecule has 1 saturated carbocycles. The monoisotopic (exact) mass is 343 g/mol. The fourth-order valence-electron chi connectivity index (χ4n) is 2.79. The predicted octanol–water partition coefficient (Wildman–Crippen LogP) is 3.40. The van der Waals surface area contributed by atoms with Crippen molar-refractivity contribution >= 4 is 21.4 Å². The molecule has 24 heavy (non-hydrogen) atoms. The Morgan fingerprint density at radius 1 is 1.04 bits per heavy atom. The van der Waals surface area contributed by atoms with Crippen LogP contribution in [0.1, 0.15) is 24.5 Å². The van der Waals surface area contributed by atoms with Crippen molar-refractivity contribution in [2.75, 3.05) is 5.32 Å². The van der Waals surface area contributed by atoms with Crippen LogP contribution >= 0.6 is 0 Å². The number of hydrogen-bond acceptors (Lipinski definition) is 3. The molecule has 1 N–H and O–H groups in total. The van der Waals surface area contributed by atoms with E-state index >= 15 is 0 Å². The van der Waals surface area contributed by atoms with E-state index in [1.54, 1.807) is 24.3 Å². The molecule has 1 aliphatic rings. The lowest BCUT2D eigenvalue weighted by molar-refractivity contribution is -0.117. The second kappa shape index (κ2) is 6.77. The van der Waals surface area contributed by atoms with E-state index in [-0.39, 0.29) is 23.3 Å². The Morgan fingerprint density at radius 2 is 1.67 bits per heavy atom. The lowest BCUT2D eigenvalue weighted by atomic mass is 10.2. The van der Waals surface area contributed by atoms with Crippen molar-refractivity contribution < 1.29 is 13.2 Å². The number of sulfone groups is 1. The lowest BCUT2D eigenvalue weighted by Gasteiger charge is -2.08. The highest BCUT2D eigenvalue weighted by atomic mass is 32.2. The first-order chi connectivity index (χ1) is 11.4. The summed E-state index contributed by atoms with van der Waals surface area (Å²) in [5, 5.41) is 2.88. The van der Waals surface area contributed by atoms with Gasteiger partial charge in [-0.3, -0.25) is 4.79 Å². The highest BCUT2D eigenvalue weighted by Gasteiger charge is 2.39. The maximum Gasteiger partial charge on any atom is 0.227 e. The molecule has 0 heterocycles. The van der Waals surface area contributed by atoms with E-state index in [9.17, 15) is 13.2 Å². The molecule has 5 heteroatoms. The van der Waals surface area contributed by atoms with Gasteiger partial charge in [0, 0.05) is 11.6 Å². The van der Waals surface area contributed by atoms with Crippen LogP contribution < -0.4 is 5.32 Å². The van der Waals surface area contributed by atoms with Crippen LogP contribution in [-0.2, 0) is 26.1 Å². The Morgan fingerprint density at radius 3 is 2.33 bits per heavy atom. The van der Waals surface area contributed by atoms with E-state index in [1.165, 1.54) is 0 Å². The molecule has 4 nitrogen and oxygen atoms in total. The van der Waals surface area contributed by atoms with Crippen LogP contribution in [0.4, 0.5) is 5.69 Å². The normalized spacial score (nSPS) is 19.7. The second-order valence-corrected chi connectivity index (χ2v) is 8.59. The molecular formula is C19H21NO3S. The van der Waals surface area contributed by atoms with Crippen LogP contribution in [0.15, 0.2) is 54.6 Å². The van der Waals surface area contributed by atoms with Gasteiger partial charge in [0.05, 0.1) is 11.5 Å². The summed E-state index contributed by atoms with van der Waals surface area (Å²) in [6.45, 7) is 2.05. The van der Waals surface area contributed by atoms with Gasteiger partial charge >= 0.3 is 0 Å². The smallest absolute Gasteiger partial charge is 0.227 e. The molecular weight excluding hydrogens is 322 g/mol. The minimum Gasteiger partial charge on any atom is -0.326 e. The number of amides is 1. The summed E-state index contributed by atoms with van der Waals surface area (Å²) in [5.41, 5.74) is 2.13. The predicted molar refractivity (Wildman–Crippen MR) is 95.1 cm³/mol. The fourth-order valence-corrected chi connectivity index (χ4v) is 4.28. The van der Waals surface area contributed by atoms with Gasteiger partial charge < -0.3 is 5.32 Å². The maximum absolute atomic E-state index is 12.4. The first-order valence-corrected chi connectivity index (χ1v) is 9.89. The van der Waals surface area contributed by atoms with Crippen molar-refractivity contribution in [1.82, 2.24) is 0 Å². The van der Waals surface area contributed by atoms with Crippen molar-refractivity contribution in [3.63, 3.8) is 0 Å². The number of hydrogen-bond donors (Lipinski definition) is 1. The molecule has 3 rings (SSSR count). The lowest BCUT2D eigenvalue weighted by Crippen LogP contribution is -2.14. The van der Waals surface area contributed by atoms with E-state index in [0.717, 1.165) is 12.0 Å². The van der Waals surface area contributed by atoms with Crippen molar-refractivity contribution in [1.29, 1.82) is 0 Å². The van der Waals surface area contributed by atoms with Crippen LogP contribution in [0.3, 0.4) is 0 Å². The third-order valence-corrected chi connectivity index (χ3v) is 5.80. The Labute approximate surface area is 142 Å². The summed E-state index contributed by atoms with van der Waals surface area (Å²) in [6.07, 6.45) is 0.928. The highest BCUT2D eigenvalue weighted by molar-refractivity contribution is 7.89. The average Bonchev–Trinajstić information content (AvgIpc) is 3.25. The summed E-state index contributed by atoms with van der Waals surface area (Å²) >= 11 is 0. The zero-order valence-corrected chi connectivity index (χ0v) is 14.4. The zero-order chi connectivity index (χ0) is 17.2. The van der Waals surface area contributed by atoms with E-state index < -0.39 is 9.84 Å². The molecule has 126 valence electrons. The van der Waals surface area contributed by atoms with Crippen LogP contribution in [0.25, 0.3) is 0 Å². The summed E-state index contributed by atoms with van der Waals surface area (Å²) in [5.74, 6) is 0.539. The second-order valence-electron chi connectivity index (χ2n) is 6.53. The molecule has 2 aromatic carbocycles. The molecule has 0 spiro atoms. The van der Waals surface area contributed by atoms with Crippen molar-refractivity contribution in [3.8, 4) is 0 Å². The molecule has 0 unspecified atom stereocenters. The van der Waals surface area contributed by atoms with Crippen molar-refractivity contribution in [3.05, 3.63) is 65.7 Å². The van der Waals surface area contributed by atoms with Crippen molar-refractivity contribution in [2.45, 2.75) is 24.9 Å². The standard InChI is InChI=1S/C19H21NO3S/c1-14-10-18(14)19(21)20-17-9-5-8-16(11-17)13-24(22,23)12-15-6-3-2-4-7-15/h2-9,11,14,18H,10,12-13H2,1H3,(H,20,21)/t14-,18-/m0/s1. The largest absolute Gasteiger partial charge is 0.326 e. The van der Waals surface area contributed by atoms with Crippen LogP contribution in [0, 0.1) is 11.8 Å². The van der Waals surface area contributed by atoms with Gasteiger partial charge in [-0.25, -0.2) is 8.42 Å². The average molecular weight is 343 g/mol. The first-order valence-electron chi connectivity index (χ1n) is 8.07. The number of nitrogens with one attached hydrogen (secondary N) is 1. The molecule has 1 fully saturated rings. The van der Waals surface area contributed by atoms with Gasteiger partial charge in [-0.2, -0.15) is 0 Å². The van der Waals surface area contributed by atoms with Gasteiger partial charge in [-0.15, -0.1) is 0 Å². The molecule has 0 radical (unpaired) electrons. The molecule has 0 bridgehead atoms. The van der Waals surface area contributed by atoms with E-state index in [4.69, 9.17) is 0 Å². The summed E-state index contributed by atoms with van der Waals surface area (Å²) in [4.78, 5) is 12.0. The molecule has 0 aliphatic heterocycles. The molecule has 0 saturated heterocycles. The van der Waals surface area contributed by atoms with E-state index in [1.807, 2.05) is 30.3 Å². The molecule has 1 amide bonds. The van der Waals surface area contributed by atoms with Crippen LogP contribution in [0.2, 0.25) is 0 Å². The number of benzene rings is 2. The van der Waals surface area contributed by atoms with E-state index in [2.05, 4.69) is 12.2 Å². The number of carbonyl (C=O) groups is 1. The number of carbonyl (C=O) groups excluding carboxylic acids is 1. The molecule has 2 atom stereocenters. The minimum atomic E-state index is -3.26. The zero-order valence-electron chi connectivity index (χ0n) is 13.6. The Hall–Kier alpha value is -2.14. The number of rotatable bonds is 6. The quantitative estimate of drug-likeness (QED) is 0.874. The topological polar surface area (TPSA) is 63.2 Å². The summed E-state index contributed by atoms with van der Waals surface area (Å²) in [6, 6.07) is 16.2. The third-order valence-electron chi connectivity index (χ3n) is 4.26. The minimum absolute atomic E-state index is 0.0179. The highest BCUT2D eigenvalue weighted by Crippen LogP contribution is 2.38. The Balaban J connectivity index is 1.66. The van der Waals surface area contributed by atoms with Crippen molar-refractivity contribution in [2.24, 2.45) is 11.8 Å². The maximum atomic E-state index is 12.4. The third kappa shape index (κ3) is 4.45. The Bertz CT molecular complexity index is 831. The van der Waals surface area contributed by atoms with Crippen LogP contribution in [-0.4, -0.2) is 14.3 Å². The van der Waals surface area contributed by atoms with Crippen LogP contribution in [0.5, 0.6) is 0 Å². The molecule has 0 aromatic heterocycles. The summed E-state index contributed by atoms with van der Waals surface area (Å²) < 4.78 is 24.8. The van der Waals surface area contributed by atoms with Gasteiger partial charge in [0.2, 0.25) is 5.91 Å². The van der Waals surface area contributed by atoms with E-state index in [0.29, 0.717) is 17.2 Å². The SMILES string of the molecule is C[C@H]1C[C@@H]1C(=O)Nc1cccc(CS(=O)(=O)Cc2ccccc2)c1. The first kappa shape index (κ1) is 16.7. The number of anilines is 1. The molecule has 2 aromatic rings. The summed E-state index contributed by atoms with van der Waals surface area (Å²) in [7, 11) is -3.26. The van der Waals surface area contributed by atoms with Gasteiger partial charge in [0.25, 0.3) is 0 Å². The Kier molecular flexibility index (Phi) is 4.71. The molecule has 1 aliphatic carbocycles. The van der Waals surface area contributed by atoms with Gasteiger partial charge in [-0.1, -0.05) is 49.4 Å².